The number of furan rings is 2. The number of rotatable bonds is 9. The number of fused-ring (bicyclic) bond motifs is 7. The Morgan fingerprint density at radius 3 is 1.53 bits per heavy atom. The molecule has 13 aromatic rings. The molecule has 0 aliphatic rings. The van der Waals surface area contributed by atoms with Gasteiger partial charge in [-0.15, -0.1) is 0 Å². The van der Waals surface area contributed by atoms with E-state index >= 15 is 0 Å². The van der Waals surface area contributed by atoms with E-state index in [0.717, 1.165) is 117 Å². The highest BCUT2D eigenvalue weighted by atomic mass is 16.3. The van der Waals surface area contributed by atoms with E-state index in [0.29, 0.717) is 0 Å². The average Bonchev–Trinajstić information content (AvgIpc) is 4.00. The van der Waals surface area contributed by atoms with E-state index in [4.69, 9.17) is 8.83 Å². The highest BCUT2D eigenvalue weighted by molar-refractivity contribution is 6.15. The first-order chi connectivity index (χ1) is 33.7. The first kappa shape index (κ1) is 39.3. The molecular formula is C64H42N2O2. The fraction of sp³-hybridized carbons (Fsp3) is 0. The lowest BCUT2D eigenvalue weighted by Gasteiger charge is -2.29. The largest absolute Gasteiger partial charge is 0.454 e. The smallest absolute Gasteiger partial charge is 0.159 e. The Labute approximate surface area is 393 Å². The zero-order valence-corrected chi connectivity index (χ0v) is 37.0. The maximum Gasteiger partial charge on any atom is 0.159 e. The molecule has 68 heavy (non-hydrogen) atoms. The molecule has 320 valence electrons. The van der Waals surface area contributed by atoms with Gasteiger partial charge in [-0.2, -0.15) is 0 Å². The second-order valence-electron chi connectivity index (χ2n) is 17.2. The molecule has 0 saturated heterocycles. The molecule has 0 unspecified atom stereocenters. The lowest BCUT2D eigenvalue weighted by atomic mass is 9.99. The van der Waals surface area contributed by atoms with Crippen LogP contribution in [-0.2, 0) is 0 Å². The normalized spacial score (nSPS) is 11.5. The topological polar surface area (TPSA) is 32.8 Å². The summed E-state index contributed by atoms with van der Waals surface area (Å²) in [6.45, 7) is 0. The van der Waals surface area contributed by atoms with Gasteiger partial charge in [0.2, 0.25) is 0 Å². The van der Waals surface area contributed by atoms with Gasteiger partial charge in [0, 0.05) is 49.4 Å². The fourth-order valence-corrected chi connectivity index (χ4v) is 10.1. The quantitative estimate of drug-likeness (QED) is 0.145. The van der Waals surface area contributed by atoms with Crippen LogP contribution in [-0.4, -0.2) is 0 Å². The summed E-state index contributed by atoms with van der Waals surface area (Å²) in [7, 11) is 0. The van der Waals surface area contributed by atoms with Gasteiger partial charge in [0.05, 0.1) is 22.7 Å². The van der Waals surface area contributed by atoms with Crippen molar-refractivity contribution < 1.29 is 8.83 Å². The van der Waals surface area contributed by atoms with E-state index in [1.165, 1.54) is 5.56 Å². The van der Waals surface area contributed by atoms with Crippen LogP contribution in [0.3, 0.4) is 0 Å². The molecular weight excluding hydrogens is 829 g/mol. The minimum absolute atomic E-state index is 0.822. The second-order valence-corrected chi connectivity index (χ2v) is 17.2. The highest BCUT2D eigenvalue weighted by Gasteiger charge is 2.25. The van der Waals surface area contributed by atoms with Crippen molar-refractivity contribution in [3.63, 3.8) is 0 Å². The standard InChI is InChI=1S/C64H42N2O2/c1-3-18-43(19-4-1)44-38-40-48(41-39-44)65(60-36-17-32-56-55-30-15-29-52(62(55)68-64(56)60)46-20-5-2-6-21-46)57-33-11-9-27-51(57)47-24-13-25-49(42-47)66(58-34-14-23-45-22-7-8-26-50(45)58)59-35-16-31-54-53-28-10-12-37-61(53)67-63(54)59/h1-42H. The lowest BCUT2D eigenvalue weighted by Crippen LogP contribution is -2.12. The van der Waals surface area contributed by atoms with Crippen molar-refractivity contribution in [1.29, 1.82) is 0 Å². The third kappa shape index (κ3) is 6.61. The Kier molecular flexibility index (Phi) is 9.47. The molecule has 4 nitrogen and oxygen atoms in total. The van der Waals surface area contributed by atoms with Crippen molar-refractivity contribution in [2.75, 3.05) is 9.80 Å². The van der Waals surface area contributed by atoms with Gasteiger partial charge in [0.25, 0.3) is 0 Å². The first-order valence-corrected chi connectivity index (χ1v) is 23.1. The molecule has 4 heteroatoms. The van der Waals surface area contributed by atoms with E-state index in [2.05, 4.69) is 252 Å². The summed E-state index contributed by atoms with van der Waals surface area (Å²) in [6.07, 6.45) is 0. The summed E-state index contributed by atoms with van der Waals surface area (Å²) in [5.41, 5.74) is 16.0. The monoisotopic (exact) mass is 870 g/mol. The Morgan fingerprint density at radius 2 is 0.735 bits per heavy atom. The molecule has 0 fully saturated rings. The van der Waals surface area contributed by atoms with Crippen LogP contribution in [0.4, 0.5) is 34.1 Å². The van der Waals surface area contributed by atoms with Gasteiger partial charge in [-0.25, -0.2) is 0 Å². The van der Waals surface area contributed by atoms with Gasteiger partial charge >= 0.3 is 0 Å². The Balaban J connectivity index is 1.02. The third-order valence-electron chi connectivity index (χ3n) is 13.3. The SMILES string of the molecule is c1ccc(-c2ccc(N(c3ccccc3-c3cccc(N(c4cccc5ccccc45)c4cccc5c4oc4ccccc45)c3)c3cccc4c3oc3c(-c5ccccc5)cccc34)cc2)cc1. The Bertz CT molecular complexity index is 3980. The summed E-state index contributed by atoms with van der Waals surface area (Å²) < 4.78 is 13.9. The molecule has 0 aliphatic carbocycles. The zero-order chi connectivity index (χ0) is 45.0. The summed E-state index contributed by atoms with van der Waals surface area (Å²) in [5.74, 6) is 0. The first-order valence-electron chi connectivity index (χ1n) is 23.1. The van der Waals surface area contributed by atoms with Crippen LogP contribution in [0.15, 0.2) is 264 Å². The number of hydrogen-bond acceptors (Lipinski definition) is 4. The number of para-hydroxylation sites is 5. The van der Waals surface area contributed by atoms with Gasteiger partial charge in [-0.1, -0.05) is 200 Å². The van der Waals surface area contributed by atoms with Crippen molar-refractivity contribution in [1.82, 2.24) is 0 Å². The highest BCUT2D eigenvalue weighted by Crippen LogP contribution is 2.49. The minimum Gasteiger partial charge on any atom is -0.454 e. The Morgan fingerprint density at radius 1 is 0.250 bits per heavy atom. The molecule has 0 radical (unpaired) electrons. The van der Waals surface area contributed by atoms with E-state index in [9.17, 15) is 0 Å². The van der Waals surface area contributed by atoms with E-state index < -0.39 is 0 Å². The molecule has 13 rings (SSSR count). The zero-order valence-electron chi connectivity index (χ0n) is 37.0. The molecule has 0 spiro atoms. The Hall–Kier alpha value is -9.12. The molecule has 11 aromatic carbocycles. The van der Waals surface area contributed by atoms with Crippen molar-refractivity contribution in [3.05, 3.63) is 255 Å². The number of anilines is 6. The fourth-order valence-electron chi connectivity index (χ4n) is 10.1. The van der Waals surface area contributed by atoms with E-state index in [-0.39, 0.29) is 0 Å². The lowest BCUT2D eigenvalue weighted by molar-refractivity contribution is 0.669. The predicted molar refractivity (Wildman–Crippen MR) is 284 cm³/mol. The molecule has 2 aromatic heterocycles. The van der Waals surface area contributed by atoms with E-state index in [1.807, 2.05) is 12.1 Å². The van der Waals surface area contributed by atoms with Gasteiger partial charge in [0.15, 0.2) is 11.2 Å². The summed E-state index contributed by atoms with van der Waals surface area (Å²) >= 11 is 0. The van der Waals surface area contributed by atoms with Gasteiger partial charge < -0.3 is 18.6 Å². The van der Waals surface area contributed by atoms with Crippen LogP contribution in [0.5, 0.6) is 0 Å². The summed E-state index contributed by atoms with van der Waals surface area (Å²) in [4.78, 5) is 4.72. The average molecular weight is 871 g/mol. The number of hydrogen-bond donors (Lipinski definition) is 0. The number of nitrogens with zero attached hydrogens (tertiary/aromatic N) is 2. The third-order valence-corrected chi connectivity index (χ3v) is 13.3. The van der Waals surface area contributed by atoms with Gasteiger partial charge in [-0.05, 0) is 82.2 Å². The van der Waals surface area contributed by atoms with Crippen LogP contribution in [0.2, 0.25) is 0 Å². The van der Waals surface area contributed by atoms with E-state index in [1.54, 1.807) is 0 Å². The molecule has 0 atom stereocenters. The minimum atomic E-state index is 0.822. The molecule has 0 saturated carbocycles. The van der Waals surface area contributed by atoms with Gasteiger partial charge in [0.1, 0.15) is 11.2 Å². The maximum atomic E-state index is 7.12. The van der Waals surface area contributed by atoms with Crippen LogP contribution in [0, 0.1) is 0 Å². The van der Waals surface area contributed by atoms with Crippen molar-refractivity contribution >= 4 is 88.8 Å². The van der Waals surface area contributed by atoms with Crippen LogP contribution >= 0.6 is 0 Å². The summed E-state index contributed by atoms with van der Waals surface area (Å²) in [6, 6.07) is 90.4. The van der Waals surface area contributed by atoms with Crippen LogP contribution < -0.4 is 9.80 Å². The van der Waals surface area contributed by atoms with Crippen LogP contribution in [0.25, 0.3) is 88.0 Å². The maximum absolute atomic E-state index is 7.12. The predicted octanol–water partition coefficient (Wildman–Crippen LogP) is 18.6. The summed E-state index contributed by atoms with van der Waals surface area (Å²) in [5, 5.41) is 6.63. The van der Waals surface area contributed by atoms with Crippen molar-refractivity contribution in [2.24, 2.45) is 0 Å². The molecule has 0 aliphatic heterocycles. The molecule has 0 N–H and O–H groups in total. The van der Waals surface area contributed by atoms with Crippen LogP contribution in [0.1, 0.15) is 0 Å². The van der Waals surface area contributed by atoms with Crippen molar-refractivity contribution in [3.8, 4) is 33.4 Å². The molecule has 0 bridgehead atoms. The number of benzene rings is 11. The van der Waals surface area contributed by atoms with Gasteiger partial charge in [-0.3, -0.25) is 0 Å². The second kappa shape index (κ2) is 16.4. The van der Waals surface area contributed by atoms with Crippen molar-refractivity contribution in [2.45, 2.75) is 0 Å². The molecule has 0 amide bonds. The molecule has 2 heterocycles.